The molecule has 1 fully saturated rings. The number of amides is 1. The first-order chi connectivity index (χ1) is 6.75. The molecular formula is C10H20N2O2. The number of hydrogen-bond acceptors (Lipinski definition) is 3. The van der Waals surface area contributed by atoms with Gasteiger partial charge in [0.15, 0.2) is 0 Å². The van der Waals surface area contributed by atoms with E-state index in [0.717, 1.165) is 32.4 Å². The molecule has 1 amide bonds. The molecule has 1 aliphatic rings. The lowest BCUT2D eigenvalue weighted by molar-refractivity contribution is -0.122. The Morgan fingerprint density at radius 3 is 3.00 bits per heavy atom. The van der Waals surface area contributed by atoms with E-state index in [4.69, 9.17) is 10.5 Å². The molecular weight excluding hydrogens is 180 g/mol. The van der Waals surface area contributed by atoms with Gasteiger partial charge in [-0.1, -0.05) is 6.92 Å². The second-order valence-corrected chi connectivity index (χ2v) is 3.81. The largest absolute Gasteiger partial charge is 0.381 e. The quantitative estimate of drug-likeness (QED) is 0.669. The van der Waals surface area contributed by atoms with Crippen LogP contribution in [-0.4, -0.2) is 31.7 Å². The van der Waals surface area contributed by atoms with Crippen LogP contribution in [0.15, 0.2) is 0 Å². The fourth-order valence-electron chi connectivity index (χ4n) is 1.83. The molecule has 0 aromatic heterocycles. The average Bonchev–Trinajstić information content (AvgIpc) is 2.19. The lowest BCUT2D eigenvalue weighted by Crippen LogP contribution is -2.49. The van der Waals surface area contributed by atoms with Crippen LogP contribution in [0.4, 0.5) is 0 Å². The number of carbonyl (C=O) groups is 1. The lowest BCUT2D eigenvalue weighted by atomic mass is 9.93. The van der Waals surface area contributed by atoms with Gasteiger partial charge in [-0.15, -0.1) is 0 Å². The van der Waals surface area contributed by atoms with Crippen LogP contribution in [0.5, 0.6) is 0 Å². The third-order valence-electron chi connectivity index (χ3n) is 2.59. The van der Waals surface area contributed by atoms with Gasteiger partial charge in [-0.05, 0) is 25.8 Å². The first kappa shape index (κ1) is 11.5. The van der Waals surface area contributed by atoms with Crippen LogP contribution in [0, 0.1) is 5.92 Å². The Balaban J connectivity index is 2.43. The van der Waals surface area contributed by atoms with E-state index < -0.39 is 0 Å². The summed E-state index contributed by atoms with van der Waals surface area (Å²) in [4.78, 5) is 11.2. The molecule has 1 aliphatic heterocycles. The molecule has 82 valence electrons. The molecule has 0 bridgehead atoms. The molecule has 1 saturated heterocycles. The van der Waals surface area contributed by atoms with Gasteiger partial charge in [0, 0.05) is 12.5 Å². The highest BCUT2D eigenvalue weighted by Crippen LogP contribution is 2.17. The predicted molar refractivity (Wildman–Crippen MR) is 54.8 cm³/mol. The molecule has 4 heteroatoms. The van der Waals surface area contributed by atoms with Gasteiger partial charge >= 0.3 is 0 Å². The summed E-state index contributed by atoms with van der Waals surface area (Å²) in [7, 11) is 0. The molecule has 2 unspecified atom stereocenters. The zero-order chi connectivity index (χ0) is 10.4. The summed E-state index contributed by atoms with van der Waals surface area (Å²) in [6.45, 7) is 4.38. The number of nitrogens with one attached hydrogen (secondary N) is 1. The van der Waals surface area contributed by atoms with Crippen molar-refractivity contribution in [1.29, 1.82) is 0 Å². The Kier molecular flexibility index (Phi) is 4.90. The maximum atomic E-state index is 11.2. The summed E-state index contributed by atoms with van der Waals surface area (Å²) in [5.41, 5.74) is 5.35. The molecule has 0 aromatic carbocycles. The number of carbonyl (C=O) groups excluding carboxylic acids is 1. The summed E-state index contributed by atoms with van der Waals surface area (Å²) in [5, 5.41) is 3.18. The second kappa shape index (κ2) is 5.98. The van der Waals surface area contributed by atoms with E-state index in [1.54, 1.807) is 0 Å². The first-order valence-corrected chi connectivity index (χ1v) is 5.36. The Hall–Kier alpha value is -0.610. The number of nitrogens with two attached hydrogens (primary N) is 1. The van der Waals surface area contributed by atoms with Crippen LogP contribution < -0.4 is 11.1 Å². The van der Waals surface area contributed by atoms with Gasteiger partial charge in [0.2, 0.25) is 5.91 Å². The molecule has 1 rings (SSSR count). The zero-order valence-corrected chi connectivity index (χ0v) is 8.79. The van der Waals surface area contributed by atoms with E-state index >= 15 is 0 Å². The van der Waals surface area contributed by atoms with Crippen molar-refractivity contribution >= 4 is 5.91 Å². The Bertz CT molecular complexity index is 179. The zero-order valence-electron chi connectivity index (χ0n) is 8.79. The van der Waals surface area contributed by atoms with Crippen LogP contribution in [0.1, 0.15) is 26.2 Å². The summed E-state index contributed by atoms with van der Waals surface area (Å²) in [6, 6.07) is -0.213. The van der Waals surface area contributed by atoms with Gasteiger partial charge in [-0.2, -0.15) is 0 Å². The minimum absolute atomic E-state index is 0.213. The fourth-order valence-corrected chi connectivity index (χ4v) is 1.83. The number of hydrogen-bond donors (Lipinski definition) is 2. The third-order valence-corrected chi connectivity index (χ3v) is 2.59. The number of primary amides is 1. The molecule has 0 radical (unpaired) electrons. The molecule has 4 nitrogen and oxygen atoms in total. The van der Waals surface area contributed by atoms with Crippen LogP contribution in [0.2, 0.25) is 0 Å². The van der Waals surface area contributed by atoms with Gasteiger partial charge in [-0.25, -0.2) is 0 Å². The van der Waals surface area contributed by atoms with Gasteiger partial charge in [0.25, 0.3) is 0 Å². The molecule has 1 heterocycles. The monoisotopic (exact) mass is 200 g/mol. The Morgan fingerprint density at radius 1 is 1.71 bits per heavy atom. The molecule has 0 aromatic rings. The van der Waals surface area contributed by atoms with Crippen LogP contribution in [0.3, 0.4) is 0 Å². The van der Waals surface area contributed by atoms with Gasteiger partial charge < -0.3 is 15.8 Å². The SMILES string of the molecule is CCCNC(C(N)=O)C1CCCOC1. The molecule has 2 atom stereocenters. The van der Waals surface area contributed by atoms with Crippen molar-refractivity contribution in [2.75, 3.05) is 19.8 Å². The van der Waals surface area contributed by atoms with Crippen molar-refractivity contribution in [1.82, 2.24) is 5.32 Å². The predicted octanol–water partition coefficient (Wildman–Crippen LogP) is 0.267. The molecule has 0 saturated carbocycles. The van der Waals surface area contributed by atoms with Gasteiger partial charge in [0.1, 0.15) is 0 Å². The minimum Gasteiger partial charge on any atom is -0.381 e. The summed E-state index contributed by atoms with van der Waals surface area (Å²) in [6.07, 6.45) is 3.07. The summed E-state index contributed by atoms with van der Waals surface area (Å²) in [5.74, 6) is 0.00162. The van der Waals surface area contributed by atoms with Crippen LogP contribution >= 0.6 is 0 Å². The van der Waals surface area contributed by atoms with E-state index in [9.17, 15) is 4.79 Å². The van der Waals surface area contributed by atoms with Gasteiger partial charge in [0.05, 0.1) is 12.6 Å². The summed E-state index contributed by atoms with van der Waals surface area (Å²) < 4.78 is 5.35. The topological polar surface area (TPSA) is 64.3 Å². The second-order valence-electron chi connectivity index (χ2n) is 3.81. The highest BCUT2D eigenvalue weighted by atomic mass is 16.5. The molecule has 0 aliphatic carbocycles. The van der Waals surface area contributed by atoms with Crippen LogP contribution in [-0.2, 0) is 9.53 Å². The highest BCUT2D eigenvalue weighted by molar-refractivity contribution is 5.80. The Labute approximate surface area is 85.2 Å². The minimum atomic E-state index is -0.256. The smallest absolute Gasteiger partial charge is 0.234 e. The van der Waals surface area contributed by atoms with E-state index in [1.165, 1.54) is 0 Å². The normalized spacial score (nSPS) is 24.5. The fraction of sp³-hybridized carbons (Fsp3) is 0.900. The standard InChI is InChI=1S/C10H20N2O2/c1-2-5-12-9(10(11)13)8-4-3-6-14-7-8/h8-9,12H,2-7H2,1H3,(H2,11,13). The maximum Gasteiger partial charge on any atom is 0.234 e. The number of rotatable bonds is 5. The molecule has 0 spiro atoms. The van der Waals surface area contributed by atoms with E-state index in [0.29, 0.717) is 6.61 Å². The highest BCUT2D eigenvalue weighted by Gasteiger charge is 2.27. The summed E-state index contributed by atoms with van der Waals surface area (Å²) >= 11 is 0. The van der Waals surface area contributed by atoms with E-state index in [1.807, 2.05) is 0 Å². The van der Waals surface area contributed by atoms with Crippen molar-refractivity contribution in [2.24, 2.45) is 11.7 Å². The van der Waals surface area contributed by atoms with E-state index in [-0.39, 0.29) is 17.9 Å². The molecule has 3 N–H and O–H groups in total. The van der Waals surface area contributed by atoms with Crippen molar-refractivity contribution in [3.63, 3.8) is 0 Å². The Morgan fingerprint density at radius 2 is 2.50 bits per heavy atom. The first-order valence-electron chi connectivity index (χ1n) is 5.36. The maximum absolute atomic E-state index is 11.2. The number of ether oxygens (including phenoxy) is 1. The van der Waals surface area contributed by atoms with E-state index in [2.05, 4.69) is 12.2 Å². The van der Waals surface area contributed by atoms with Crippen molar-refractivity contribution in [3.05, 3.63) is 0 Å². The lowest BCUT2D eigenvalue weighted by Gasteiger charge is -2.28. The van der Waals surface area contributed by atoms with Crippen molar-refractivity contribution in [3.8, 4) is 0 Å². The van der Waals surface area contributed by atoms with Crippen LogP contribution in [0.25, 0.3) is 0 Å². The average molecular weight is 200 g/mol. The van der Waals surface area contributed by atoms with Gasteiger partial charge in [-0.3, -0.25) is 4.79 Å². The van der Waals surface area contributed by atoms with Crippen molar-refractivity contribution in [2.45, 2.75) is 32.2 Å². The third kappa shape index (κ3) is 3.27. The molecule has 14 heavy (non-hydrogen) atoms. The van der Waals surface area contributed by atoms with Crippen molar-refractivity contribution < 1.29 is 9.53 Å².